The summed E-state index contributed by atoms with van der Waals surface area (Å²) in [5.74, 6) is 0.802. The number of nitro groups is 1. The van der Waals surface area contributed by atoms with Gasteiger partial charge in [0.05, 0.1) is 16.4 Å². The summed E-state index contributed by atoms with van der Waals surface area (Å²) in [5, 5.41) is 20.1. The summed E-state index contributed by atoms with van der Waals surface area (Å²) in [5.41, 5.74) is 0.916. The number of anilines is 1. The summed E-state index contributed by atoms with van der Waals surface area (Å²) in [6, 6.07) is 5.95. The zero-order valence-corrected chi connectivity index (χ0v) is 16.7. The van der Waals surface area contributed by atoms with Crippen LogP contribution >= 0.6 is 11.8 Å². The van der Waals surface area contributed by atoms with Crippen molar-refractivity contribution in [2.24, 2.45) is 11.3 Å². The molecule has 4 rings (SSSR count). The molecule has 0 fully saturated rings. The predicted molar refractivity (Wildman–Crippen MR) is 106 cm³/mol. The summed E-state index contributed by atoms with van der Waals surface area (Å²) in [4.78, 5) is 28.9. The Morgan fingerprint density at radius 2 is 2.14 bits per heavy atom. The van der Waals surface area contributed by atoms with Crippen molar-refractivity contribution in [3.8, 4) is 0 Å². The van der Waals surface area contributed by atoms with Gasteiger partial charge in [-0.15, -0.1) is 5.10 Å². The lowest BCUT2D eigenvalue weighted by molar-refractivity contribution is -0.385. The van der Waals surface area contributed by atoms with Crippen LogP contribution < -0.4 is 5.32 Å². The molecule has 1 aromatic carbocycles. The molecule has 146 valence electrons. The van der Waals surface area contributed by atoms with Gasteiger partial charge in [0.1, 0.15) is 11.8 Å². The number of carbonyl (C=O) groups excluding carboxylic acids is 1. The molecule has 2 aromatic rings. The minimum atomic E-state index is -0.605. The van der Waals surface area contributed by atoms with Crippen LogP contribution in [0.15, 0.2) is 41.2 Å². The zero-order valence-electron chi connectivity index (χ0n) is 15.9. The number of nitrogens with zero attached hydrogens (tertiary/aromatic N) is 4. The van der Waals surface area contributed by atoms with E-state index in [9.17, 15) is 14.9 Å². The fourth-order valence-corrected chi connectivity index (χ4v) is 4.57. The molecule has 1 aliphatic heterocycles. The van der Waals surface area contributed by atoms with Gasteiger partial charge < -0.3 is 5.32 Å². The first-order valence-corrected chi connectivity index (χ1v) is 10.1. The second-order valence-corrected chi connectivity index (χ2v) is 8.92. The number of hydrogen-bond donors (Lipinski definition) is 1. The molecule has 0 bridgehead atoms. The standard InChI is InChI=1S/C19H21N5O3S/c1-4-28-18-21-17-20-12-9-19(2,3)10-14(25)15(12)16(23(17)22-18)11-7-5-6-8-13(11)24(26)27/h5-9,15-16H,4,10H2,1-3H3,(H,20,21,22)/t15-,16-/m1/s1. The molecule has 1 N–H and O–H groups in total. The van der Waals surface area contributed by atoms with Crippen molar-refractivity contribution in [3.05, 3.63) is 51.7 Å². The minimum Gasteiger partial charge on any atom is -0.328 e. The SMILES string of the molecule is CCSc1nc2n(n1)[C@H](c1ccccc1[N+](=O)[O-])[C@H]1C(=O)CC(C)(C)C=C1N2. The lowest BCUT2D eigenvalue weighted by Gasteiger charge is -2.39. The van der Waals surface area contributed by atoms with E-state index in [1.165, 1.54) is 17.8 Å². The molecule has 0 saturated carbocycles. The highest BCUT2D eigenvalue weighted by Gasteiger charge is 2.46. The molecule has 0 unspecified atom stereocenters. The van der Waals surface area contributed by atoms with E-state index in [2.05, 4.69) is 15.4 Å². The third-order valence-electron chi connectivity index (χ3n) is 5.03. The molecule has 2 atom stereocenters. The number of nitro benzene ring substituents is 1. The Kier molecular flexibility index (Phi) is 4.49. The van der Waals surface area contributed by atoms with Gasteiger partial charge in [-0.25, -0.2) is 4.68 Å². The number of carbonyl (C=O) groups is 1. The van der Waals surface area contributed by atoms with Gasteiger partial charge in [0.2, 0.25) is 11.1 Å². The topological polar surface area (TPSA) is 103 Å². The summed E-state index contributed by atoms with van der Waals surface area (Å²) in [6.07, 6.45) is 2.42. The molecular formula is C19H21N5O3S. The van der Waals surface area contributed by atoms with Crippen molar-refractivity contribution >= 4 is 29.2 Å². The van der Waals surface area contributed by atoms with E-state index in [0.717, 1.165) is 11.4 Å². The van der Waals surface area contributed by atoms with E-state index >= 15 is 0 Å². The van der Waals surface area contributed by atoms with E-state index in [-0.39, 0.29) is 16.9 Å². The van der Waals surface area contributed by atoms with Crippen molar-refractivity contribution in [2.45, 2.75) is 38.4 Å². The number of hydrogen-bond acceptors (Lipinski definition) is 7. The largest absolute Gasteiger partial charge is 0.328 e. The van der Waals surface area contributed by atoms with Gasteiger partial charge in [0.15, 0.2) is 0 Å². The number of nitrogens with one attached hydrogen (secondary N) is 1. The van der Waals surface area contributed by atoms with Crippen molar-refractivity contribution in [2.75, 3.05) is 11.1 Å². The average Bonchev–Trinajstić information content (AvgIpc) is 3.01. The van der Waals surface area contributed by atoms with Crippen LogP contribution in [0.1, 0.15) is 38.8 Å². The molecule has 1 aliphatic carbocycles. The lowest BCUT2D eigenvalue weighted by atomic mass is 9.72. The molecular weight excluding hydrogens is 378 g/mol. The van der Waals surface area contributed by atoms with Crippen LogP contribution in [0.3, 0.4) is 0 Å². The van der Waals surface area contributed by atoms with Crippen LogP contribution in [0.4, 0.5) is 11.6 Å². The van der Waals surface area contributed by atoms with Crippen molar-refractivity contribution in [3.63, 3.8) is 0 Å². The predicted octanol–water partition coefficient (Wildman–Crippen LogP) is 3.81. The second kappa shape index (κ2) is 6.73. The van der Waals surface area contributed by atoms with Gasteiger partial charge in [-0.05, 0) is 17.2 Å². The van der Waals surface area contributed by atoms with Crippen LogP contribution in [0.5, 0.6) is 0 Å². The Morgan fingerprint density at radius 1 is 1.39 bits per heavy atom. The summed E-state index contributed by atoms with van der Waals surface area (Å²) >= 11 is 1.49. The molecule has 9 heteroatoms. The maximum absolute atomic E-state index is 13.1. The number of rotatable bonds is 4. The van der Waals surface area contributed by atoms with Gasteiger partial charge in [-0.1, -0.05) is 50.7 Å². The normalized spacial score (nSPS) is 22.7. The fourth-order valence-electron chi connectivity index (χ4n) is 4.01. The maximum atomic E-state index is 13.1. The van der Waals surface area contributed by atoms with E-state index < -0.39 is 16.9 Å². The van der Waals surface area contributed by atoms with Crippen molar-refractivity contribution in [1.29, 1.82) is 0 Å². The number of benzene rings is 1. The molecule has 0 radical (unpaired) electrons. The number of thioether (sulfide) groups is 1. The van der Waals surface area contributed by atoms with E-state index in [1.807, 2.05) is 26.8 Å². The highest BCUT2D eigenvalue weighted by Crippen LogP contribution is 2.47. The summed E-state index contributed by atoms with van der Waals surface area (Å²) in [6.45, 7) is 6.02. The molecule has 8 nitrogen and oxygen atoms in total. The van der Waals surface area contributed by atoms with Gasteiger partial charge in [-0.2, -0.15) is 4.98 Å². The molecule has 1 aromatic heterocycles. The van der Waals surface area contributed by atoms with Crippen molar-refractivity contribution in [1.82, 2.24) is 14.8 Å². The van der Waals surface area contributed by atoms with E-state index in [0.29, 0.717) is 23.1 Å². The number of allylic oxidation sites excluding steroid dienone is 2. The third-order valence-corrected chi connectivity index (χ3v) is 5.75. The quantitative estimate of drug-likeness (QED) is 0.474. The Hall–Kier alpha value is -2.68. The first-order valence-electron chi connectivity index (χ1n) is 9.16. The Labute approximate surface area is 166 Å². The second-order valence-electron chi connectivity index (χ2n) is 7.69. The van der Waals surface area contributed by atoms with E-state index in [1.54, 1.807) is 22.9 Å². The van der Waals surface area contributed by atoms with Gasteiger partial charge >= 0.3 is 0 Å². The Balaban J connectivity index is 1.94. The molecule has 2 aliphatic rings. The third kappa shape index (κ3) is 3.09. The molecule has 0 saturated heterocycles. The number of fused-ring (bicyclic) bond motifs is 2. The lowest BCUT2D eigenvalue weighted by Crippen LogP contribution is -2.42. The first-order chi connectivity index (χ1) is 13.3. The van der Waals surface area contributed by atoms with Crippen LogP contribution in [0, 0.1) is 21.4 Å². The van der Waals surface area contributed by atoms with Gasteiger partial charge in [0.25, 0.3) is 5.69 Å². The Bertz CT molecular complexity index is 997. The first kappa shape index (κ1) is 18.7. The minimum absolute atomic E-state index is 0.0162. The number of para-hydroxylation sites is 1. The molecule has 0 spiro atoms. The van der Waals surface area contributed by atoms with Crippen LogP contribution in [-0.2, 0) is 4.79 Å². The van der Waals surface area contributed by atoms with E-state index in [4.69, 9.17) is 0 Å². The summed E-state index contributed by atoms with van der Waals surface area (Å²) in [7, 11) is 0. The smallest absolute Gasteiger partial charge is 0.274 e. The highest BCUT2D eigenvalue weighted by molar-refractivity contribution is 7.99. The maximum Gasteiger partial charge on any atom is 0.274 e. The number of ketones is 1. The van der Waals surface area contributed by atoms with Crippen LogP contribution in [0.25, 0.3) is 0 Å². The van der Waals surface area contributed by atoms with Crippen molar-refractivity contribution < 1.29 is 9.72 Å². The zero-order chi connectivity index (χ0) is 20.1. The van der Waals surface area contributed by atoms with Gasteiger partial charge in [-0.3, -0.25) is 14.9 Å². The van der Waals surface area contributed by atoms with Crippen LogP contribution in [0.2, 0.25) is 0 Å². The number of Topliss-reactive ketones (excluding diaryl/α,β-unsaturated/α-hetero) is 1. The number of aromatic nitrogens is 3. The Morgan fingerprint density at radius 3 is 2.86 bits per heavy atom. The average molecular weight is 399 g/mol. The molecule has 2 heterocycles. The fraction of sp³-hybridized carbons (Fsp3) is 0.421. The summed E-state index contributed by atoms with van der Waals surface area (Å²) < 4.78 is 1.64. The van der Waals surface area contributed by atoms with Gasteiger partial charge in [0, 0.05) is 18.2 Å². The molecule has 0 amide bonds. The molecule has 28 heavy (non-hydrogen) atoms. The highest BCUT2D eigenvalue weighted by atomic mass is 32.2. The van der Waals surface area contributed by atoms with Crippen LogP contribution in [-0.4, -0.2) is 31.2 Å². The monoisotopic (exact) mass is 399 g/mol.